The molecule has 2 aromatic rings. The molecule has 0 unspecified atom stereocenters. The predicted octanol–water partition coefficient (Wildman–Crippen LogP) is 2.62. The minimum Gasteiger partial charge on any atom is -0.494 e. The molecule has 18 heavy (non-hydrogen) atoms. The molecule has 0 aliphatic rings. The standard InChI is InChI=1S/C14H16N2O2/c1-2-3-7-18-12-6-4-5-11(8-12)13-9-15-10-14(17)16-13/h4-6,8-10H,2-3,7H2,1H3,(H,16,17). The Balaban J connectivity index is 2.19. The third kappa shape index (κ3) is 3.20. The fourth-order valence-electron chi connectivity index (χ4n) is 1.61. The van der Waals surface area contributed by atoms with Crippen molar-refractivity contribution in [1.82, 2.24) is 9.97 Å². The van der Waals surface area contributed by atoms with E-state index in [0.717, 1.165) is 24.2 Å². The first-order valence-electron chi connectivity index (χ1n) is 6.07. The molecule has 1 heterocycles. The minimum absolute atomic E-state index is 0.204. The van der Waals surface area contributed by atoms with Gasteiger partial charge in [0.05, 0.1) is 24.7 Å². The van der Waals surface area contributed by atoms with Crippen molar-refractivity contribution in [1.29, 1.82) is 0 Å². The first kappa shape index (κ1) is 12.4. The van der Waals surface area contributed by atoms with Crippen LogP contribution in [0.25, 0.3) is 11.3 Å². The quantitative estimate of drug-likeness (QED) is 0.822. The van der Waals surface area contributed by atoms with Crippen LogP contribution < -0.4 is 10.3 Å². The highest BCUT2D eigenvalue weighted by Gasteiger charge is 2.01. The zero-order valence-electron chi connectivity index (χ0n) is 10.3. The first-order valence-corrected chi connectivity index (χ1v) is 6.07. The van der Waals surface area contributed by atoms with Crippen LogP contribution in [0.1, 0.15) is 19.8 Å². The van der Waals surface area contributed by atoms with Crippen LogP contribution in [0.3, 0.4) is 0 Å². The molecular weight excluding hydrogens is 228 g/mol. The molecule has 1 aromatic carbocycles. The van der Waals surface area contributed by atoms with Gasteiger partial charge in [0.25, 0.3) is 5.56 Å². The summed E-state index contributed by atoms with van der Waals surface area (Å²) >= 11 is 0. The van der Waals surface area contributed by atoms with Crippen LogP contribution in [0.4, 0.5) is 0 Å². The van der Waals surface area contributed by atoms with Crippen molar-refractivity contribution in [3.8, 4) is 17.0 Å². The van der Waals surface area contributed by atoms with Gasteiger partial charge in [-0.25, -0.2) is 0 Å². The zero-order chi connectivity index (χ0) is 12.8. The summed E-state index contributed by atoms with van der Waals surface area (Å²) in [5.74, 6) is 0.811. The van der Waals surface area contributed by atoms with Crippen molar-refractivity contribution >= 4 is 0 Å². The smallest absolute Gasteiger partial charge is 0.266 e. The lowest BCUT2D eigenvalue weighted by Gasteiger charge is -2.07. The molecule has 0 aliphatic carbocycles. The second kappa shape index (κ2) is 6.00. The van der Waals surface area contributed by atoms with Crippen LogP contribution >= 0.6 is 0 Å². The van der Waals surface area contributed by atoms with Gasteiger partial charge in [0.2, 0.25) is 0 Å². The summed E-state index contributed by atoms with van der Waals surface area (Å²) in [6.45, 7) is 2.84. The lowest BCUT2D eigenvalue weighted by atomic mass is 10.1. The number of ether oxygens (including phenoxy) is 1. The van der Waals surface area contributed by atoms with Crippen molar-refractivity contribution in [3.63, 3.8) is 0 Å². The molecule has 0 radical (unpaired) electrons. The van der Waals surface area contributed by atoms with E-state index in [-0.39, 0.29) is 5.56 Å². The highest BCUT2D eigenvalue weighted by molar-refractivity contribution is 5.59. The maximum absolute atomic E-state index is 11.2. The van der Waals surface area contributed by atoms with Gasteiger partial charge in [0, 0.05) is 5.56 Å². The van der Waals surface area contributed by atoms with Gasteiger partial charge < -0.3 is 9.72 Å². The summed E-state index contributed by atoms with van der Waals surface area (Å²) in [7, 11) is 0. The van der Waals surface area contributed by atoms with Gasteiger partial charge in [0.1, 0.15) is 5.75 Å². The van der Waals surface area contributed by atoms with Gasteiger partial charge in [0.15, 0.2) is 0 Å². The van der Waals surface area contributed by atoms with Crippen LogP contribution in [-0.4, -0.2) is 16.6 Å². The Morgan fingerprint density at radius 2 is 2.22 bits per heavy atom. The van der Waals surface area contributed by atoms with Crippen LogP contribution in [0, 0.1) is 0 Å². The lowest BCUT2D eigenvalue weighted by Crippen LogP contribution is -2.05. The molecule has 4 heteroatoms. The molecule has 94 valence electrons. The van der Waals surface area contributed by atoms with Crippen molar-refractivity contribution < 1.29 is 4.74 Å². The number of unbranched alkanes of at least 4 members (excludes halogenated alkanes) is 1. The van der Waals surface area contributed by atoms with E-state index in [9.17, 15) is 4.79 Å². The van der Waals surface area contributed by atoms with Gasteiger partial charge in [-0.1, -0.05) is 25.5 Å². The fourth-order valence-corrected chi connectivity index (χ4v) is 1.61. The average molecular weight is 244 g/mol. The van der Waals surface area contributed by atoms with E-state index in [1.807, 2.05) is 24.3 Å². The van der Waals surface area contributed by atoms with Crippen LogP contribution in [0.15, 0.2) is 41.5 Å². The second-order valence-electron chi connectivity index (χ2n) is 4.04. The Kier molecular flexibility index (Phi) is 4.12. The summed E-state index contributed by atoms with van der Waals surface area (Å²) in [6, 6.07) is 7.64. The topological polar surface area (TPSA) is 55.0 Å². The molecule has 0 atom stereocenters. The molecule has 0 bridgehead atoms. The van der Waals surface area contributed by atoms with Gasteiger partial charge in [-0.15, -0.1) is 0 Å². The van der Waals surface area contributed by atoms with E-state index < -0.39 is 0 Å². The maximum Gasteiger partial charge on any atom is 0.266 e. The van der Waals surface area contributed by atoms with Crippen LogP contribution in [0.2, 0.25) is 0 Å². The molecule has 2 rings (SSSR count). The molecular formula is C14H16N2O2. The van der Waals surface area contributed by atoms with E-state index in [2.05, 4.69) is 16.9 Å². The van der Waals surface area contributed by atoms with E-state index in [0.29, 0.717) is 12.3 Å². The summed E-state index contributed by atoms with van der Waals surface area (Å²) < 4.78 is 5.63. The van der Waals surface area contributed by atoms with Crippen molar-refractivity contribution in [3.05, 3.63) is 47.0 Å². The third-order valence-electron chi connectivity index (χ3n) is 2.56. The molecule has 0 spiro atoms. The van der Waals surface area contributed by atoms with Crippen LogP contribution in [-0.2, 0) is 0 Å². The minimum atomic E-state index is -0.204. The van der Waals surface area contributed by atoms with E-state index >= 15 is 0 Å². The van der Waals surface area contributed by atoms with Gasteiger partial charge in [-0.2, -0.15) is 0 Å². The van der Waals surface area contributed by atoms with Gasteiger partial charge in [-0.3, -0.25) is 9.78 Å². The molecule has 4 nitrogen and oxygen atoms in total. The largest absolute Gasteiger partial charge is 0.494 e. The maximum atomic E-state index is 11.2. The number of aromatic amines is 1. The van der Waals surface area contributed by atoms with Crippen molar-refractivity contribution in [2.75, 3.05) is 6.61 Å². The Labute approximate surface area is 106 Å². The number of nitrogens with zero attached hydrogens (tertiary/aromatic N) is 1. The molecule has 1 aromatic heterocycles. The number of aromatic nitrogens is 2. The number of hydrogen-bond donors (Lipinski definition) is 1. The Hall–Kier alpha value is -2.10. The van der Waals surface area contributed by atoms with Gasteiger partial charge in [-0.05, 0) is 18.6 Å². The molecule has 0 saturated heterocycles. The predicted molar refractivity (Wildman–Crippen MR) is 70.7 cm³/mol. The number of hydrogen-bond acceptors (Lipinski definition) is 3. The third-order valence-corrected chi connectivity index (χ3v) is 2.56. The number of rotatable bonds is 5. The highest BCUT2D eigenvalue weighted by atomic mass is 16.5. The summed E-state index contributed by atoms with van der Waals surface area (Å²) in [6.07, 6.45) is 5.03. The summed E-state index contributed by atoms with van der Waals surface area (Å²) in [4.78, 5) is 17.8. The highest BCUT2D eigenvalue weighted by Crippen LogP contribution is 2.21. The van der Waals surface area contributed by atoms with E-state index in [1.165, 1.54) is 6.20 Å². The SMILES string of the molecule is CCCCOc1cccc(-c2cncc(=O)[nH]2)c1. The Bertz CT molecular complexity index is 563. The Morgan fingerprint density at radius 1 is 1.33 bits per heavy atom. The number of H-pyrrole nitrogens is 1. The Morgan fingerprint density at radius 3 is 3.00 bits per heavy atom. The second-order valence-corrected chi connectivity index (χ2v) is 4.04. The first-order chi connectivity index (χ1) is 8.79. The number of nitrogens with one attached hydrogen (secondary N) is 1. The van der Waals surface area contributed by atoms with Crippen molar-refractivity contribution in [2.24, 2.45) is 0 Å². The van der Waals surface area contributed by atoms with Crippen molar-refractivity contribution in [2.45, 2.75) is 19.8 Å². The van der Waals surface area contributed by atoms with E-state index in [4.69, 9.17) is 4.74 Å². The molecule has 0 amide bonds. The number of benzene rings is 1. The summed E-state index contributed by atoms with van der Waals surface area (Å²) in [5, 5.41) is 0. The zero-order valence-corrected chi connectivity index (χ0v) is 10.3. The molecule has 0 aliphatic heterocycles. The summed E-state index contributed by atoms with van der Waals surface area (Å²) in [5.41, 5.74) is 1.39. The van der Waals surface area contributed by atoms with E-state index in [1.54, 1.807) is 6.20 Å². The fraction of sp³-hybridized carbons (Fsp3) is 0.286. The van der Waals surface area contributed by atoms with Gasteiger partial charge >= 0.3 is 0 Å². The normalized spacial score (nSPS) is 10.3. The molecule has 0 saturated carbocycles. The monoisotopic (exact) mass is 244 g/mol. The van der Waals surface area contributed by atoms with Crippen LogP contribution in [0.5, 0.6) is 5.75 Å². The average Bonchev–Trinajstić information content (AvgIpc) is 2.39. The molecule has 1 N–H and O–H groups in total. The molecule has 0 fully saturated rings. The lowest BCUT2D eigenvalue weighted by molar-refractivity contribution is 0.309.